The van der Waals surface area contributed by atoms with Crippen molar-refractivity contribution in [3.05, 3.63) is 26.2 Å². The first-order valence-electron chi connectivity index (χ1n) is 5.12. The van der Waals surface area contributed by atoms with Crippen LogP contribution in [-0.4, -0.2) is 25.9 Å². The second-order valence-corrected chi connectivity index (χ2v) is 5.41. The molecule has 0 aliphatic rings. The maximum absolute atomic E-state index is 12.1. The van der Waals surface area contributed by atoms with E-state index in [9.17, 15) is 4.79 Å². The number of hydrogen-bond acceptors (Lipinski definition) is 3. The quantitative estimate of drug-likeness (QED) is 0.845. The Morgan fingerprint density at radius 3 is 2.50 bits per heavy atom. The van der Waals surface area contributed by atoms with E-state index in [0.29, 0.717) is 20.5 Å². The molecule has 0 radical (unpaired) electrons. The molecule has 0 saturated carbocycles. The summed E-state index contributed by atoms with van der Waals surface area (Å²) >= 11 is 6.53. The molecule has 6 nitrogen and oxygen atoms in total. The third kappa shape index (κ3) is 2.22. The average molecular weight is 377 g/mol. The average Bonchev–Trinajstić information content (AvgIpc) is 2.75. The summed E-state index contributed by atoms with van der Waals surface area (Å²) < 4.78 is 2.95. The number of nitrogens with zero attached hydrogens (tertiary/aromatic N) is 3. The van der Waals surface area contributed by atoms with E-state index in [1.165, 1.54) is 0 Å². The summed E-state index contributed by atoms with van der Waals surface area (Å²) in [6, 6.07) is 0. The number of aryl methyl sites for hydroxylation is 2. The number of halogens is 2. The van der Waals surface area contributed by atoms with Gasteiger partial charge in [-0.05, 0) is 45.7 Å². The maximum Gasteiger partial charge on any atom is 0.277 e. The minimum atomic E-state index is -0.289. The first-order chi connectivity index (χ1) is 8.41. The summed E-state index contributed by atoms with van der Waals surface area (Å²) in [5.41, 5.74) is 2.68. The highest BCUT2D eigenvalue weighted by Gasteiger charge is 2.19. The van der Waals surface area contributed by atoms with Crippen molar-refractivity contribution in [2.45, 2.75) is 13.8 Å². The van der Waals surface area contributed by atoms with Gasteiger partial charge in [-0.15, -0.1) is 0 Å². The number of anilines is 1. The van der Waals surface area contributed by atoms with E-state index >= 15 is 0 Å². The van der Waals surface area contributed by atoms with Gasteiger partial charge in [-0.2, -0.15) is 10.2 Å². The number of aromatic amines is 1. The lowest BCUT2D eigenvalue weighted by Crippen LogP contribution is -2.14. The molecule has 0 aliphatic carbocycles. The number of carbonyl (C=O) groups is 1. The third-order valence-corrected chi connectivity index (χ3v) is 4.51. The first kappa shape index (κ1) is 13.3. The topological polar surface area (TPSA) is 75.6 Å². The largest absolute Gasteiger partial charge is 0.317 e. The van der Waals surface area contributed by atoms with E-state index in [1.54, 1.807) is 4.68 Å². The van der Waals surface area contributed by atoms with Crippen LogP contribution in [0.1, 0.15) is 21.9 Å². The molecule has 96 valence electrons. The van der Waals surface area contributed by atoms with Crippen molar-refractivity contribution in [2.75, 3.05) is 5.32 Å². The van der Waals surface area contributed by atoms with Crippen molar-refractivity contribution in [2.24, 2.45) is 7.05 Å². The van der Waals surface area contributed by atoms with Crippen LogP contribution in [0.3, 0.4) is 0 Å². The molecule has 0 fully saturated rings. The first-order valence-corrected chi connectivity index (χ1v) is 6.71. The van der Waals surface area contributed by atoms with Crippen LogP contribution in [0.15, 0.2) is 9.08 Å². The summed E-state index contributed by atoms with van der Waals surface area (Å²) in [5, 5.41) is 13.6. The maximum atomic E-state index is 12.1. The third-order valence-electron chi connectivity index (χ3n) is 2.63. The molecule has 2 N–H and O–H groups in total. The van der Waals surface area contributed by atoms with Crippen molar-refractivity contribution in [3.8, 4) is 0 Å². The number of nitrogens with one attached hydrogen (secondary N) is 2. The van der Waals surface area contributed by atoms with Gasteiger partial charge in [0.1, 0.15) is 4.60 Å². The lowest BCUT2D eigenvalue weighted by molar-refractivity contribution is 0.102. The molecular weight excluding hydrogens is 366 g/mol. The van der Waals surface area contributed by atoms with E-state index in [0.717, 1.165) is 11.4 Å². The molecule has 2 rings (SSSR count). The number of H-pyrrole nitrogens is 1. The molecule has 0 atom stereocenters. The van der Waals surface area contributed by atoms with E-state index in [2.05, 4.69) is 52.5 Å². The highest BCUT2D eigenvalue weighted by Crippen LogP contribution is 2.25. The molecule has 0 saturated heterocycles. The van der Waals surface area contributed by atoms with Gasteiger partial charge in [-0.25, -0.2) is 0 Å². The van der Waals surface area contributed by atoms with Crippen LogP contribution in [-0.2, 0) is 7.05 Å². The zero-order valence-electron chi connectivity index (χ0n) is 10.0. The number of rotatable bonds is 2. The number of hydrogen-bond donors (Lipinski definition) is 2. The Hall–Kier alpha value is -1.15. The van der Waals surface area contributed by atoms with Gasteiger partial charge >= 0.3 is 0 Å². The van der Waals surface area contributed by atoms with Gasteiger partial charge < -0.3 is 5.32 Å². The summed E-state index contributed by atoms with van der Waals surface area (Å²) in [7, 11) is 1.83. The predicted molar refractivity (Wildman–Crippen MR) is 74.6 cm³/mol. The Morgan fingerprint density at radius 2 is 2.06 bits per heavy atom. The van der Waals surface area contributed by atoms with Gasteiger partial charge in [-0.1, -0.05) is 0 Å². The van der Waals surface area contributed by atoms with E-state index in [1.807, 2.05) is 20.9 Å². The highest BCUT2D eigenvalue weighted by atomic mass is 79.9. The fourth-order valence-electron chi connectivity index (χ4n) is 1.58. The Balaban J connectivity index is 2.30. The van der Waals surface area contributed by atoms with Gasteiger partial charge in [0.15, 0.2) is 5.69 Å². The Labute approximate surface area is 120 Å². The van der Waals surface area contributed by atoms with Crippen LogP contribution < -0.4 is 5.32 Å². The highest BCUT2D eigenvalue weighted by molar-refractivity contribution is 9.13. The van der Waals surface area contributed by atoms with Gasteiger partial charge in [0.25, 0.3) is 5.91 Å². The predicted octanol–water partition coefficient (Wildman–Crippen LogP) is 2.54. The van der Waals surface area contributed by atoms with E-state index < -0.39 is 0 Å². The second-order valence-electron chi connectivity index (χ2n) is 3.82. The van der Waals surface area contributed by atoms with Crippen molar-refractivity contribution >= 4 is 43.5 Å². The molecular formula is C10H11Br2N5O. The Morgan fingerprint density at radius 1 is 1.39 bits per heavy atom. The fraction of sp³-hybridized carbons (Fsp3) is 0.300. The number of carbonyl (C=O) groups excluding carboxylic acids is 1. The summed E-state index contributed by atoms with van der Waals surface area (Å²) in [6.45, 7) is 3.74. The van der Waals surface area contributed by atoms with Crippen LogP contribution in [0.4, 0.5) is 5.69 Å². The molecule has 18 heavy (non-hydrogen) atoms. The van der Waals surface area contributed by atoms with Gasteiger partial charge in [-0.3, -0.25) is 14.6 Å². The molecule has 2 aromatic heterocycles. The zero-order valence-corrected chi connectivity index (χ0v) is 13.2. The van der Waals surface area contributed by atoms with Crippen LogP contribution in [0.25, 0.3) is 0 Å². The minimum absolute atomic E-state index is 0.289. The second kappa shape index (κ2) is 4.85. The SMILES string of the molecule is Cc1nn(C)c(C)c1NC(=O)c1n[nH]c(Br)c1Br. The summed E-state index contributed by atoms with van der Waals surface area (Å²) in [6.07, 6.45) is 0. The minimum Gasteiger partial charge on any atom is -0.317 e. The summed E-state index contributed by atoms with van der Waals surface area (Å²) in [5.74, 6) is -0.289. The van der Waals surface area contributed by atoms with Crippen molar-refractivity contribution in [1.82, 2.24) is 20.0 Å². The zero-order chi connectivity index (χ0) is 13.4. The van der Waals surface area contributed by atoms with E-state index in [-0.39, 0.29) is 5.91 Å². The Kier molecular flexibility index (Phi) is 3.58. The molecule has 0 aromatic carbocycles. The lowest BCUT2D eigenvalue weighted by atomic mass is 10.3. The standard InChI is InChI=1S/C10H11Br2N5O/c1-4-7(5(2)17(3)16-4)13-10(18)8-6(11)9(12)15-14-8/h1-3H3,(H,13,18)(H,14,15). The molecule has 2 aromatic rings. The van der Waals surface area contributed by atoms with Crippen molar-refractivity contribution < 1.29 is 4.79 Å². The molecule has 0 bridgehead atoms. The molecule has 0 unspecified atom stereocenters. The van der Waals surface area contributed by atoms with E-state index in [4.69, 9.17) is 0 Å². The van der Waals surface area contributed by atoms with Crippen LogP contribution in [0.2, 0.25) is 0 Å². The normalized spacial score (nSPS) is 10.7. The summed E-state index contributed by atoms with van der Waals surface area (Å²) in [4.78, 5) is 12.1. The lowest BCUT2D eigenvalue weighted by Gasteiger charge is -2.03. The van der Waals surface area contributed by atoms with Gasteiger partial charge in [0.2, 0.25) is 0 Å². The smallest absolute Gasteiger partial charge is 0.277 e. The Bertz CT molecular complexity index is 616. The molecule has 0 aliphatic heterocycles. The van der Waals surface area contributed by atoms with Crippen molar-refractivity contribution in [3.63, 3.8) is 0 Å². The molecule has 8 heteroatoms. The van der Waals surface area contributed by atoms with Crippen LogP contribution in [0, 0.1) is 13.8 Å². The monoisotopic (exact) mass is 375 g/mol. The molecule has 1 amide bonds. The van der Waals surface area contributed by atoms with Crippen molar-refractivity contribution in [1.29, 1.82) is 0 Å². The van der Waals surface area contributed by atoms with Crippen LogP contribution in [0.5, 0.6) is 0 Å². The number of amides is 1. The number of aromatic nitrogens is 4. The van der Waals surface area contributed by atoms with Gasteiger partial charge in [0, 0.05) is 7.05 Å². The molecule has 0 spiro atoms. The molecule has 2 heterocycles. The van der Waals surface area contributed by atoms with Gasteiger partial charge in [0.05, 0.1) is 21.5 Å². The fourth-order valence-corrected chi connectivity index (χ4v) is 2.22. The van der Waals surface area contributed by atoms with Crippen LogP contribution >= 0.6 is 31.9 Å².